The molecule has 0 aliphatic carbocycles. The van der Waals surface area contributed by atoms with E-state index in [0.29, 0.717) is 19.2 Å². The third kappa shape index (κ3) is 8.57. The molecule has 0 aliphatic rings. The SMILES string of the molecule is O=CN(CCCN(C=O)OCCO)OCCO. The molecule has 0 fully saturated rings. The fourth-order valence-electron chi connectivity index (χ4n) is 0.994. The maximum absolute atomic E-state index is 10.5. The van der Waals surface area contributed by atoms with Crippen molar-refractivity contribution in [3.63, 3.8) is 0 Å². The van der Waals surface area contributed by atoms with Gasteiger partial charge in [-0.3, -0.25) is 19.3 Å². The molecule has 0 aromatic carbocycles. The van der Waals surface area contributed by atoms with Crippen molar-refractivity contribution in [2.24, 2.45) is 0 Å². The maximum atomic E-state index is 10.5. The van der Waals surface area contributed by atoms with Crippen LogP contribution in [0, 0.1) is 0 Å². The van der Waals surface area contributed by atoms with E-state index in [1.165, 1.54) is 0 Å². The van der Waals surface area contributed by atoms with Gasteiger partial charge < -0.3 is 10.2 Å². The fourth-order valence-corrected chi connectivity index (χ4v) is 0.994. The zero-order valence-electron chi connectivity index (χ0n) is 9.53. The number of carbonyl (C=O) groups excluding carboxylic acids is 2. The van der Waals surface area contributed by atoms with E-state index < -0.39 is 0 Å². The summed E-state index contributed by atoms with van der Waals surface area (Å²) >= 11 is 0. The fraction of sp³-hybridized carbons (Fsp3) is 0.778. The van der Waals surface area contributed by atoms with Gasteiger partial charge in [-0.15, -0.1) is 0 Å². The van der Waals surface area contributed by atoms with Crippen molar-refractivity contribution in [1.82, 2.24) is 10.1 Å². The summed E-state index contributed by atoms with van der Waals surface area (Å²) in [6, 6.07) is 0. The van der Waals surface area contributed by atoms with Crippen molar-refractivity contribution in [3.8, 4) is 0 Å². The van der Waals surface area contributed by atoms with E-state index in [0.717, 1.165) is 10.1 Å². The summed E-state index contributed by atoms with van der Waals surface area (Å²) in [6.07, 6.45) is 1.44. The molecule has 0 radical (unpaired) electrons. The quantitative estimate of drug-likeness (QED) is 0.311. The van der Waals surface area contributed by atoms with E-state index in [1.54, 1.807) is 0 Å². The number of hydrogen-bond donors (Lipinski definition) is 2. The Hall–Kier alpha value is -1.22. The number of rotatable bonds is 12. The van der Waals surface area contributed by atoms with Gasteiger partial charge in [-0.1, -0.05) is 0 Å². The van der Waals surface area contributed by atoms with Crippen molar-refractivity contribution < 1.29 is 29.5 Å². The molecule has 0 unspecified atom stereocenters. The number of carbonyl (C=O) groups is 2. The zero-order chi connectivity index (χ0) is 12.9. The molecule has 100 valence electrons. The summed E-state index contributed by atoms with van der Waals surface area (Å²) in [7, 11) is 0. The molecule has 0 heterocycles. The van der Waals surface area contributed by atoms with Gasteiger partial charge >= 0.3 is 0 Å². The molecule has 0 aromatic rings. The van der Waals surface area contributed by atoms with Crippen molar-refractivity contribution in [2.45, 2.75) is 6.42 Å². The predicted octanol–water partition coefficient (Wildman–Crippen LogP) is -1.86. The molecule has 0 atom stereocenters. The second kappa shape index (κ2) is 11.3. The van der Waals surface area contributed by atoms with Crippen LogP contribution in [0.4, 0.5) is 0 Å². The van der Waals surface area contributed by atoms with E-state index >= 15 is 0 Å². The summed E-state index contributed by atoms with van der Waals surface area (Å²) in [5.41, 5.74) is 0. The Morgan fingerprint density at radius 2 is 1.29 bits per heavy atom. The van der Waals surface area contributed by atoms with E-state index in [9.17, 15) is 9.59 Å². The lowest BCUT2D eigenvalue weighted by Gasteiger charge is -2.19. The van der Waals surface area contributed by atoms with Crippen molar-refractivity contribution >= 4 is 12.8 Å². The van der Waals surface area contributed by atoms with Crippen LogP contribution in [-0.4, -0.2) is 72.7 Å². The van der Waals surface area contributed by atoms with Crippen LogP contribution in [0.15, 0.2) is 0 Å². The molecule has 17 heavy (non-hydrogen) atoms. The smallest absolute Gasteiger partial charge is 0.233 e. The summed E-state index contributed by atoms with van der Waals surface area (Å²) in [4.78, 5) is 30.7. The molecule has 0 spiro atoms. The zero-order valence-corrected chi connectivity index (χ0v) is 9.53. The molecular formula is C9H18N2O6. The van der Waals surface area contributed by atoms with E-state index in [2.05, 4.69) is 0 Å². The highest BCUT2D eigenvalue weighted by molar-refractivity contribution is 5.45. The molecule has 8 heteroatoms. The monoisotopic (exact) mass is 250 g/mol. The molecule has 0 saturated carbocycles. The van der Waals surface area contributed by atoms with Crippen LogP contribution in [0.25, 0.3) is 0 Å². The average molecular weight is 250 g/mol. The Morgan fingerprint density at radius 1 is 0.882 bits per heavy atom. The first kappa shape index (κ1) is 15.8. The van der Waals surface area contributed by atoms with Gasteiger partial charge in [-0.05, 0) is 6.42 Å². The first-order chi connectivity index (χ1) is 8.28. The Morgan fingerprint density at radius 3 is 1.59 bits per heavy atom. The minimum atomic E-state index is -0.176. The highest BCUT2D eigenvalue weighted by Gasteiger charge is 2.05. The van der Waals surface area contributed by atoms with E-state index in [1.807, 2.05) is 0 Å². The molecule has 8 nitrogen and oxygen atoms in total. The largest absolute Gasteiger partial charge is 0.394 e. The molecular weight excluding hydrogens is 232 g/mol. The summed E-state index contributed by atoms with van der Waals surface area (Å²) in [5.74, 6) is 0. The number of hydrogen-bond acceptors (Lipinski definition) is 6. The number of aliphatic hydroxyl groups excluding tert-OH is 2. The highest BCUT2D eigenvalue weighted by atomic mass is 16.7. The van der Waals surface area contributed by atoms with Crippen LogP contribution in [0.1, 0.15) is 6.42 Å². The minimum absolute atomic E-state index is 0.0388. The Balaban J connectivity index is 3.69. The van der Waals surface area contributed by atoms with E-state index in [4.69, 9.17) is 19.9 Å². The molecule has 0 saturated heterocycles. The molecule has 0 bridgehead atoms. The number of amides is 2. The van der Waals surface area contributed by atoms with Crippen molar-refractivity contribution in [3.05, 3.63) is 0 Å². The summed E-state index contributed by atoms with van der Waals surface area (Å²) in [5, 5.41) is 19.1. The molecule has 2 N–H and O–H groups in total. The second-order valence-electron chi connectivity index (χ2n) is 2.96. The first-order valence-corrected chi connectivity index (χ1v) is 5.20. The molecule has 0 aliphatic heterocycles. The van der Waals surface area contributed by atoms with Crippen LogP contribution in [-0.2, 0) is 19.3 Å². The predicted molar refractivity (Wildman–Crippen MR) is 56.2 cm³/mol. The summed E-state index contributed by atoms with van der Waals surface area (Å²) < 4.78 is 0. The molecule has 0 rings (SSSR count). The Labute approximate surface area is 99.2 Å². The van der Waals surface area contributed by atoms with Gasteiger partial charge in [0.05, 0.1) is 39.5 Å². The standard InChI is InChI=1S/C9H18N2O6/c12-4-6-16-10(8-14)2-1-3-11(9-15)17-7-5-13/h8-9,12-13H,1-7H2. The average Bonchev–Trinajstić information content (AvgIpc) is 2.37. The third-order valence-corrected chi connectivity index (χ3v) is 1.69. The lowest BCUT2D eigenvalue weighted by molar-refractivity contribution is -0.184. The van der Waals surface area contributed by atoms with Crippen LogP contribution < -0.4 is 0 Å². The summed E-state index contributed by atoms with van der Waals surface area (Å²) in [6.45, 7) is 0.274. The van der Waals surface area contributed by atoms with E-state index in [-0.39, 0.29) is 39.5 Å². The van der Waals surface area contributed by atoms with Gasteiger partial charge in [0.1, 0.15) is 0 Å². The Bertz CT molecular complexity index is 184. The van der Waals surface area contributed by atoms with Gasteiger partial charge in [0.2, 0.25) is 12.8 Å². The number of hydroxylamine groups is 4. The van der Waals surface area contributed by atoms with Crippen LogP contribution in [0.5, 0.6) is 0 Å². The lowest BCUT2D eigenvalue weighted by Crippen LogP contribution is -2.30. The van der Waals surface area contributed by atoms with Crippen LogP contribution in [0.3, 0.4) is 0 Å². The number of nitrogens with zero attached hydrogens (tertiary/aromatic N) is 2. The molecule has 2 amide bonds. The Kier molecular flexibility index (Phi) is 10.5. The van der Waals surface area contributed by atoms with Gasteiger partial charge in [0.25, 0.3) is 0 Å². The second-order valence-corrected chi connectivity index (χ2v) is 2.96. The van der Waals surface area contributed by atoms with Gasteiger partial charge in [0.15, 0.2) is 0 Å². The van der Waals surface area contributed by atoms with Crippen molar-refractivity contribution in [2.75, 3.05) is 39.5 Å². The van der Waals surface area contributed by atoms with Crippen molar-refractivity contribution in [1.29, 1.82) is 0 Å². The lowest BCUT2D eigenvalue weighted by atomic mass is 10.4. The topological polar surface area (TPSA) is 99.5 Å². The molecule has 0 aromatic heterocycles. The van der Waals surface area contributed by atoms with Gasteiger partial charge in [0, 0.05) is 0 Å². The normalized spacial score (nSPS) is 10.0. The van der Waals surface area contributed by atoms with Gasteiger partial charge in [-0.25, -0.2) is 10.1 Å². The third-order valence-electron chi connectivity index (χ3n) is 1.69. The maximum Gasteiger partial charge on any atom is 0.233 e. The highest BCUT2D eigenvalue weighted by Crippen LogP contribution is 1.94. The number of aliphatic hydroxyl groups is 2. The minimum Gasteiger partial charge on any atom is -0.394 e. The van der Waals surface area contributed by atoms with Crippen LogP contribution in [0.2, 0.25) is 0 Å². The first-order valence-electron chi connectivity index (χ1n) is 5.20. The van der Waals surface area contributed by atoms with Crippen LogP contribution >= 0.6 is 0 Å². The van der Waals surface area contributed by atoms with Gasteiger partial charge in [-0.2, -0.15) is 0 Å².